The fraction of sp³-hybridized carbons (Fsp3) is 0.867. The minimum atomic E-state index is 0.0708. The van der Waals surface area contributed by atoms with Gasteiger partial charge in [0.25, 0.3) is 0 Å². The lowest BCUT2D eigenvalue weighted by atomic mass is 9.65. The summed E-state index contributed by atoms with van der Waals surface area (Å²) in [6.45, 7) is 16.3. The van der Waals surface area contributed by atoms with Gasteiger partial charge in [-0.2, -0.15) is 0 Å². The van der Waals surface area contributed by atoms with Crippen LogP contribution in [0, 0.1) is 0 Å². The lowest BCUT2D eigenvalue weighted by Gasteiger charge is -2.63. The summed E-state index contributed by atoms with van der Waals surface area (Å²) in [5.41, 5.74) is 3.31. The molecule has 0 N–H and O–H groups in total. The summed E-state index contributed by atoms with van der Waals surface area (Å²) in [4.78, 5) is 4.87. The first kappa shape index (κ1) is 14.7. The molecule has 100 valence electrons. The lowest BCUT2D eigenvalue weighted by Crippen LogP contribution is -2.72. The van der Waals surface area contributed by atoms with Crippen molar-refractivity contribution in [3.8, 4) is 0 Å². The van der Waals surface area contributed by atoms with Crippen LogP contribution in [0.1, 0.15) is 48.5 Å². The SMILES string of the molecule is CC1=C(C)C(C)(N(C)C)C(C)(C)N(C)C1(C)C. The molecule has 0 spiro atoms. The fourth-order valence-electron chi connectivity index (χ4n) is 3.44. The molecule has 0 saturated heterocycles. The Morgan fingerprint density at radius 1 is 0.882 bits per heavy atom. The van der Waals surface area contributed by atoms with Gasteiger partial charge in [0, 0.05) is 11.1 Å². The molecule has 1 atom stereocenters. The summed E-state index contributed by atoms with van der Waals surface area (Å²) in [6, 6.07) is 0. The highest BCUT2D eigenvalue weighted by atomic mass is 15.3. The monoisotopic (exact) mass is 238 g/mol. The van der Waals surface area contributed by atoms with Crippen LogP contribution in [0.2, 0.25) is 0 Å². The predicted molar refractivity (Wildman–Crippen MR) is 76.4 cm³/mol. The molecule has 1 unspecified atom stereocenters. The lowest BCUT2D eigenvalue weighted by molar-refractivity contribution is -0.0463. The first-order valence-electron chi connectivity index (χ1n) is 6.51. The van der Waals surface area contributed by atoms with Gasteiger partial charge in [0.15, 0.2) is 0 Å². The Labute approximate surface area is 108 Å². The van der Waals surface area contributed by atoms with Crippen LogP contribution in [0.5, 0.6) is 0 Å². The molecule has 2 nitrogen and oxygen atoms in total. The summed E-state index contributed by atoms with van der Waals surface area (Å²) in [6.07, 6.45) is 0. The number of hydrogen-bond acceptors (Lipinski definition) is 2. The second-order valence-corrected chi connectivity index (χ2v) is 6.89. The molecule has 0 amide bonds. The van der Waals surface area contributed by atoms with E-state index in [9.17, 15) is 0 Å². The Morgan fingerprint density at radius 2 is 1.29 bits per heavy atom. The summed E-state index contributed by atoms with van der Waals surface area (Å²) in [5.74, 6) is 0. The Morgan fingerprint density at radius 3 is 1.65 bits per heavy atom. The molecule has 0 radical (unpaired) electrons. The Hall–Kier alpha value is -0.340. The van der Waals surface area contributed by atoms with Gasteiger partial charge < -0.3 is 0 Å². The van der Waals surface area contributed by atoms with Crippen molar-refractivity contribution in [1.29, 1.82) is 0 Å². The van der Waals surface area contributed by atoms with Crippen molar-refractivity contribution in [2.75, 3.05) is 21.1 Å². The zero-order chi connectivity index (χ0) is 13.8. The van der Waals surface area contributed by atoms with Gasteiger partial charge >= 0.3 is 0 Å². The zero-order valence-electron chi connectivity index (χ0n) is 13.4. The minimum absolute atomic E-state index is 0.0708. The molecular weight excluding hydrogens is 208 g/mol. The summed E-state index contributed by atoms with van der Waals surface area (Å²) < 4.78 is 0. The van der Waals surface area contributed by atoms with Gasteiger partial charge in [-0.1, -0.05) is 11.1 Å². The third-order valence-electron chi connectivity index (χ3n) is 5.97. The molecule has 1 aliphatic heterocycles. The molecule has 0 aromatic carbocycles. The normalized spacial score (nSPS) is 33.4. The van der Waals surface area contributed by atoms with E-state index in [2.05, 4.69) is 79.4 Å². The number of likely N-dealkylation sites (N-methyl/N-ethyl adjacent to an activating group) is 2. The molecule has 2 heteroatoms. The van der Waals surface area contributed by atoms with Crippen LogP contribution in [-0.2, 0) is 0 Å². The maximum atomic E-state index is 2.52. The van der Waals surface area contributed by atoms with E-state index in [0.29, 0.717) is 0 Å². The van der Waals surface area contributed by atoms with Crippen molar-refractivity contribution >= 4 is 0 Å². The van der Waals surface area contributed by atoms with Gasteiger partial charge in [0.05, 0.1) is 5.54 Å². The summed E-state index contributed by atoms with van der Waals surface area (Å²) in [5, 5.41) is 0. The Balaban J connectivity index is 3.58. The van der Waals surface area contributed by atoms with Crippen LogP contribution >= 0.6 is 0 Å². The maximum absolute atomic E-state index is 2.52. The Kier molecular flexibility index (Phi) is 3.31. The molecule has 1 aliphatic rings. The molecule has 0 bridgehead atoms. The first-order valence-corrected chi connectivity index (χ1v) is 6.51. The quantitative estimate of drug-likeness (QED) is 0.648. The van der Waals surface area contributed by atoms with E-state index in [4.69, 9.17) is 0 Å². The van der Waals surface area contributed by atoms with Gasteiger partial charge in [0.2, 0.25) is 0 Å². The smallest absolute Gasteiger partial charge is 0.0567 e. The first-order chi connectivity index (χ1) is 7.41. The fourth-order valence-corrected chi connectivity index (χ4v) is 3.44. The van der Waals surface area contributed by atoms with E-state index >= 15 is 0 Å². The molecule has 0 aromatic rings. The van der Waals surface area contributed by atoms with Gasteiger partial charge in [-0.3, -0.25) is 9.80 Å². The van der Waals surface area contributed by atoms with Crippen molar-refractivity contribution < 1.29 is 0 Å². The highest BCUT2D eigenvalue weighted by Crippen LogP contribution is 2.48. The van der Waals surface area contributed by atoms with E-state index in [1.54, 1.807) is 0 Å². The van der Waals surface area contributed by atoms with Crippen molar-refractivity contribution in [3.05, 3.63) is 11.1 Å². The van der Waals surface area contributed by atoms with Crippen molar-refractivity contribution in [1.82, 2.24) is 9.80 Å². The van der Waals surface area contributed by atoms with Crippen LogP contribution in [0.3, 0.4) is 0 Å². The van der Waals surface area contributed by atoms with E-state index in [-0.39, 0.29) is 16.6 Å². The molecule has 1 heterocycles. The molecule has 0 aliphatic carbocycles. The van der Waals surface area contributed by atoms with E-state index in [1.807, 2.05) is 0 Å². The standard InChI is InChI=1S/C15H30N2/c1-11-12(2)15(7,16(8)9)14(5,6)17(10)13(11,3)4/h1-10H3. The number of hydrogen-bond donors (Lipinski definition) is 0. The van der Waals surface area contributed by atoms with Crippen LogP contribution in [-0.4, -0.2) is 47.6 Å². The van der Waals surface area contributed by atoms with Crippen molar-refractivity contribution in [2.24, 2.45) is 0 Å². The topological polar surface area (TPSA) is 6.48 Å². The van der Waals surface area contributed by atoms with Crippen molar-refractivity contribution in [3.63, 3.8) is 0 Å². The minimum Gasteiger partial charge on any atom is -0.299 e. The second kappa shape index (κ2) is 3.83. The number of nitrogens with zero attached hydrogens (tertiary/aromatic N) is 2. The van der Waals surface area contributed by atoms with Crippen molar-refractivity contribution in [2.45, 2.75) is 65.1 Å². The average molecular weight is 238 g/mol. The predicted octanol–water partition coefficient (Wildman–Crippen LogP) is 3.15. The maximum Gasteiger partial charge on any atom is 0.0567 e. The van der Waals surface area contributed by atoms with E-state index in [1.165, 1.54) is 11.1 Å². The highest BCUT2D eigenvalue weighted by Gasteiger charge is 2.55. The molecule has 0 saturated carbocycles. The summed E-state index contributed by atoms with van der Waals surface area (Å²) in [7, 11) is 6.62. The molecule has 1 rings (SSSR count). The van der Waals surface area contributed by atoms with E-state index in [0.717, 1.165) is 0 Å². The second-order valence-electron chi connectivity index (χ2n) is 6.89. The Bertz CT molecular complexity index is 350. The largest absolute Gasteiger partial charge is 0.299 e. The third kappa shape index (κ3) is 1.61. The molecule has 17 heavy (non-hydrogen) atoms. The van der Waals surface area contributed by atoms with Crippen LogP contribution in [0.4, 0.5) is 0 Å². The van der Waals surface area contributed by atoms with Gasteiger partial charge in [-0.05, 0) is 69.6 Å². The average Bonchev–Trinajstić information content (AvgIpc) is 2.22. The molecule has 0 fully saturated rings. The van der Waals surface area contributed by atoms with Gasteiger partial charge in [-0.25, -0.2) is 0 Å². The van der Waals surface area contributed by atoms with E-state index < -0.39 is 0 Å². The molecule has 0 aromatic heterocycles. The van der Waals surface area contributed by atoms with Crippen LogP contribution in [0.25, 0.3) is 0 Å². The number of rotatable bonds is 1. The van der Waals surface area contributed by atoms with Crippen LogP contribution < -0.4 is 0 Å². The molecular formula is C15H30N2. The van der Waals surface area contributed by atoms with Gasteiger partial charge in [0.1, 0.15) is 0 Å². The summed E-state index contributed by atoms with van der Waals surface area (Å²) >= 11 is 0. The van der Waals surface area contributed by atoms with Crippen LogP contribution in [0.15, 0.2) is 11.1 Å². The zero-order valence-corrected chi connectivity index (χ0v) is 13.4. The third-order valence-corrected chi connectivity index (χ3v) is 5.97. The highest BCUT2D eigenvalue weighted by molar-refractivity contribution is 5.38. The van der Waals surface area contributed by atoms with Gasteiger partial charge in [-0.15, -0.1) is 0 Å².